The Hall–Kier alpha value is -1.76. The third-order valence-electron chi connectivity index (χ3n) is 4.91. The summed E-state index contributed by atoms with van der Waals surface area (Å²) in [6.07, 6.45) is 4.84. The SMILES string of the molecule is CCCCC[C@H](CC(=O)[C@@H](NC(=O)CCCC(C)=O)C(C)C)C(=O)NCCNC. The van der Waals surface area contributed by atoms with Crippen molar-refractivity contribution in [3.8, 4) is 0 Å². The van der Waals surface area contributed by atoms with E-state index in [1.165, 1.54) is 6.92 Å². The summed E-state index contributed by atoms with van der Waals surface area (Å²) in [5.41, 5.74) is 0. The van der Waals surface area contributed by atoms with Gasteiger partial charge >= 0.3 is 0 Å². The van der Waals surface area contributed by atoms with Crippen LogP contribution in [-0.4, -0.2) is 49.6 Å². The van der Waals surface area contributed by atoms with Gasteiger partial charge in [0.2, 0.25) is 11.8 Å². The quantitative estimate of drug-likeness (QED) is 0.319. The second kappa shape index (κ2) is 16.1. The van der Waals surface area contributed by atoms with Gasteiger partial charge in [-0.25, -0.2) is 0 Å². The lowest BCUT2D eigenvalue weighted by Gasteiger charge is -2.24. The Morgan fingerprint density at radius 1 is 0.931 bits per heavy atom. The second-order valence-electron chi connectivity index (χ2n) is 8.10. The van der Waals surface area contributed by atoms with Gasteiger partial charge in [0, 0.05) is 38.3 Å². The maximum atomic E-state index is 12.9. The van der Waals surface area contributed by atoms with E-state index in [2.05, 4.69) is 22.9 Å². The highest BCUT2D eigenvalue weighted by molar-refractivity contribution is 5.92. The van der Waals surface area contributed by atoms with Crippen LogP contribution in [0, 0.1) is 11.8 Å². The van der Waals surface area contributed by atoms with Gasteiger partial charge in [0.25, 0.3) is 0 Å². The minimum absolute atomic E-state index is 0.0495. The molecule has 29 heavy (non-hydrogen) atoms. The lowest BCUT2D eigenvalue weighted by Crippen LogP contribution is -2.46. The fourth-order valence-electron chi connectivity index (χ4n) is 3.15. The molecule has 3 N–H and O–H groups in total. The number of rotatable bonds is 17. The van der Waals surface area contributed by atoms with E-state index in [1.807, 2.05) is 20.9 Å². The molecule has 0 unspecified atom stereocenters. The highest BCUT2D eigenvalue weighted by atomic mass is 16.2. The normalized spacial score (nSPS) is 13.0. The second-order valence-corrected chi connectivity index (χ2v) is 8.10. The number of carbonyl (C=O) groups is 4. The van der Waals surface area contributed by atoms with Crippen LogP contribution in [-0.2, 0) is 19.2 Å². The average Bonchev–Trinajstić information content (AvgIpc) is 2.64. The van der Waals surface area contributed by atoms with Gasteiger partial charge in [-0.2, -0.15) is 0 Å². The Balaban J connectivity index is 4.90. The molecule has 0 aromatic carbocycles. The Morgan fingerprint density at radius 2 is 1.62 bits per heavy atom. The van der Waals surface area contributed by atoms with Crippen LogP contribution >= 0.6 is 0 Å². The number of carbonyl (C=O) groups excluding carboxylic acids is 4. The molecule has 0 radical (unpaired) electrons. The summed E-state index contributed by atoms with van der Waals surface area (Å²) in [5.74, 6) is -0.817. The monoisotopic (exact) mass is 411 g/mol. The zero-order chi connectivity index (χ0) is 22.2. The van der Waals surface area contributed by atoms with Crippen LogP contribution in [0.15, 0.2) is 0 Å². The van der Waals surface area contributed by atoms with Crippen molar-refractivity contribution < 1.29 is 19.2 Å². The smallest absolute Gasteiger partial charge is 0.223 e. The van der Waals surface area contributed by atoms with Crippen LogP contribution in [0.1, 0.15) is 79.1 Å². The average molecular weight is 412 g/mol. The first-order valence-corrected chi connectivity index (χ1v) is 11.0. The lowest BCUT2D eigenvalue weighted by molar-refractivity contribution is -0.132. The first kappa shape index (κ1) is 27.2. The summed E-state index contributed by atoms with van der Waals surface area (Å²) in [4.78, 5) is 48.7. The molecule has 0 spiro atoms. The number of hydrogen-bond donors (Lipinski definition) is 3. The number of nitrogens with one attached hydrogen (secondary N) is 3. The van der Waals surface area contributed by atoms with Gasteiger partial charge in [0.15, 0.2) is 5.78 Å². The van der Waals surface area contributed by atoms with Gasteiger partial charge in [0.1, 0.15) is 5.78 Å². The van der Waals surface area contributed by atoms with E-state index in [0.29, 0.717) is 32.4 Å². The Morgan fingerprint density at radius 3 is 2.17 bits per heavy atom. The molecule has 7 nitrogen and oxygen atoms in total. The number of ketones is 2. The molecule has 0 fully saturated rings. The molecule has 0 rings (SSSR count). The molecule has 0 aliphatic carbocycles. The summed E-state index contributed by atoms with van der Waals surface area (Å²) in [6, 6.07) is -0.612. The van der Waals surface area contributed by atoms with Crippen LogP contribution in [0.2, 0.25) is 0 Å². The molecule has 0 aliphatic heterocycles. The number of hydrogen-bond acceptors (Lipinski definition) is 5. The first-order valence-electron chi connectivity index (χ1n) is 11.0. The summed E-state index contributed by atoms with van der Waals surface area (Å²) in [5, 5.41) is 8.69. The topological polar surface area (TPSA) is 104 Å². The van der Waals surface area contributed by atoms with Crippen molar-refractivity contribution >= 4 is 23.4 Å². The molecule has 2 atom stereocenters. The summed E-state index contributed by atoms with van der Waals surface area (Å²) in [6.45, 7) is 8.57. The maximum absolute atomic E-state index is 12.9. The van der Waals surface area contributed by atoms with Crippen molar-refractivity contribution in [1.29, 1.82) is 0 Å². The van der Waals surface area contributed by atoms with Gasteiger partial charge in [0.05, 0.1) is 6.04 Å². The number of unbranched alkanes of at least 4 members (excludes halogenated alkanes) is 2. The van der Waals surface area contributed by atoms with Crippen molar-refractivity contribution in [3.05, 3.63) is 0 Å². The zero-order valence-electron chi connectivity index (χ0n) is 18.9. The van der Waals surface area contributed by atoms with E-state index in [4.69, 9.17) is 0 Å². The number of likely N-dealkylation sites (N-methyl/N-ethyl adjacent to an activating group) is 1. The molecule has 0 aromatic heterocycles. The maximum Gasteiger partial charge on any atom is 0.223 e. The predicted octanol–water partition coefficient (Wildman–Crippen LogP) is 2.38. The fourth-order valence-corrected chi connectivity index (χ4v) is 3.15. The van der Waals surface area contributed by atoms with Crippen LogP contribution in [0.4, 0.5) is 0 Å². The van der Waals surface area contributed by atoms with Crippen LogP contribution < -0.4 is 16.0 Å². The van der Waals surface area contributed by atoms with Gasteiger partial charge < -0.3 is 20.7 Å². The predicted molar refractivity (Wildman–Crippen MR) is 115 cm³/mol. The van der Waals surface area contributed by atoms with E-state index < -0.39 is 6.04 Å². The molecule has 0 bridgehead atoms. The highest BCUT2D eigenvalue weighted by Crippen LogP contribution is 2.18. The highest BCUT2D eigenvalue weighted by Gasteiger charge is 2.29. The molecule has 168 valence electrons. The third kappa shape index (κ3) is 13.2. The molecule has 0 aromatic rings. The van der Waals surface area contributed by atoms with E-state index in [1.54, 1.807) is 0 Å². The van der Waals surface area contributed by atoms with Crippen LogP contribution in [0.25, 0.3) is 0 Å². The first-order chi connectivity index (χ1) is 13.7. The largest absolute Gasteiger partial charge is 0.355 e. The molecule has 0 saturated heterocycles. The molecule has 2 amide bonds. The molecule has 0 heterocycles. The summed E-state index contributed by atoms with van der Waals surface area (Å²) >= 11 is 0. The zero-order valence-corrected chi connectivity index (χ0v) is 18.9. The lowest BCUT2D eigenvalue weighted by atomic mass is 9.89. The fraction of sp³-hybridized carbons (Fsp3) is 0.818. The van der Waals surface area contributed by atoms with Gasteiger partial charge in [-0.3, -0.25) is 14.4 Å². The van der Waals surface area contributed by atoms with E-state index >= 15 is 0 Å². The molecule has 0 aliphatic rings. The number of Topliss-reactive ketones (excluding diaryl/α,β-unsaturated/α-hetero) is 2. The third-order valence-corrected chi connectivity index (χ3v) is 4.91. The van der Waals surface area contributed by atoms with Crippen molar-refractivity contribution in [2.24, 2.45) is 11.8 Å². The summed E-state index contributed by atoms with van der Waals surface area (Å²) < 4.78 is 0. The van der Waals surface area contributed by atoms with Crippen molar-refractivity contribution in [3.63, 3.8) is 0 Å². The standard InChI is InChI=1S/C22H41N3O4/c1-6-7-8-11-18(22(29)24-14-13-23-5)15-19(27)21(16(2)3)25-20(28)12-9-10-17(4)26/h16,18,21,23H,6-15H2,1-5H3,(H,24,29)(H,25,28)/t18-,21+/m1/s1. The molecule has 7 heteroatoms. The van der Waals surface area contributed by atoms with Crippen molar-refractivity contribution in [2.45, 2.75) is 85.1 Å². The molecule has 0 saturated carbocycles. The van der Waals surface area contributed by atoms with E-state index in [0.717, 1.165) is 19.3 Å². The van der Waals surface area contributed by atoms with E-state index in [9.17, 15) is 19.2 Å². The minimum atomic E-state index is -0.612. The number of amides is 2. The van der Waals surface area contributed by atoms with Gasteiger partial charge in [-0.05, 0) is 32.7 Å². The van der Waals surface area contributed by atoms with E-state index in [-0.39, 0.29) is 48.1 Å². The van der Waals surface area contributed by atoms with Crippen molar-refractivity contribution in [1.82, 2.24) is 16.0 Å². The van der Waals surface area contributed by atoms with Crippen LogP contribution in [0.3, 0.4) is 0 Å². The van der Waals surface area contributed by atoms with Gasteiger partial charge in [-0.15, -0.1) is 0 Å². The Bertz CT molecular complexity index is 520. The van der Waals surface area contributed by atoms with Crippen LogP contribution in [0.5, 0.6) is 0 Å². The minimum Gasteiger partial charge on any atom is -0.355 e. The molecular formula is C22H41N3O4. The molecular weight excluding hydrogens is 370 g/mol. The summed E-state index contributed by atoms with van der Waals surface area (Å²) in [7, 11) is 1.82. The van der Waals surface area contributed by atoms with Gasteiger partial charge in [-0.1, -0.05) is 40.0 Å². The Labute approximate surface area is 176 Å². The Kier molecular flexibility index (Phi) is 15.1. The van der Waals surface area contributed by atoms with Crippen molar-refractivity contribution in [2.75, 3.05) is 20.1 Å².